The number of unbranched alkanes of at least 4 members (excludes halogenated alkanes) is 3. The van der Waals surface area contributed by atoms with E-state index in [1.807, 2.05) is 12.1 Å². The Morgan fingerprint density at radius 1 is 0.852 bits per heavy atom. The van der Waals surface area contributed by atoms with Crippen LogP contribution in [0.5, 0.6) is 0 Å². The molecule has 1 nitrogen and oxygen atoms in total. The van der Waals surface area contributed by atoms with E-state index in [4.69, 9.17) is 0 Å². The molecule has 2 aromatic carbocycles. The maximum absolute atomic E-state index is 4.66. The Labute approximate surface area is 169 Å². The molecular formula is C25H31NS. The summed E-state index contributed by atoms with van der Waals surface area (Å²) < 4.78 is 0. The first kappa shape index (κ1) is 20.0. The topological polar surface area (TPSA) is 12.4 Å². The average Bonchev–Trinajstić information content (AvgIpc) is 2.73. The zero-order chi connectivity index (χ0) is 18.9. The van der Waals surface area contributed by atoms with Crippen molar-refractivity contribution in [3.05, 3.63) is 54.1 Å². The lowest BCUT2D eigenvalue weighted by Gasteiger charge is -2.29. The molecule has 27 heavy (non-hydrogen) atoms. The second kappa shape index (κ2) is 10.5. The van der Waals surface area contributed by atoms with Gasteiger partial charge in [0.05, 0.1) is 10.8 Å². The van der Waals surface area contributed by atoms with Gasteiger partial charge in [-0.15, -0.1) is 0 Å². The van der Waals surface area contributed by atoms with Crippen LogP contribution in [0.3, 0.4) is 0 Å². The Hall–Kier alpha value is -1.76. The van der Waals surface area contributed by atoms with Gasteiger partial charge in [-0.2, -0.15) is 4.99 Å². The largest absolute Gasteiger partial charge is 0.195 e. The first-order chi connectivity index (χ1) is 13.3. The molecule has 1 aliphatic rings. The van der Waals surface area contributed by atoms with E-state index in [1.54, 1.807) is 0 Å². The smallest absolute Gasteiger partial charge is 0.0739 e. The highest BCUT2D eigenvalue weighted by Crippen LogP contribution is 2.38. The molecule has 1 fully saturated rings. The van der Waals surface area contributed by atoms with Crippen molar-refractivity contribution in [3.8, 4) is 11.1 Å². The molecule has 0 aliphatic heterocycles. The average molecular weight is 378 g/mol. The summed E-state index contributed by atoms with van der Waals surface area (Å²) in [5, 5.41) is 2.42. The molecule has 0 unspecified atom stereocenters. The third-order valence-corrected chi connectivity index (χ3v) is 6.16. The predicted molar refractivity (Wildman–Crippen MR) is 120 cm³/mol. The number of rotatable bonds is 8. The van der Waals surface area contributed by atoms with E-state index in [1.165, 1.54) is 74.5 Å². The first-order valence-corrected chi connectivity index (χ1v) is 11.0. The van der Waals surface area contributed by atoms with Gasteiger partial charge in [0.1, 0.15) is 0 Å². The number of aliphatic imine (C=N–C) groups is 1. The normalized spacial score (nSPS) is 19.4. The second-order valence-corrected chi connectivity index (χ2v) is 8.12. The van der Waals surface area contributed by atoms with Gasteiger partial charge in [0, 0.05) is 0 Å². The van der Waals surface area contributed by atoms with Crippen molar-refractivity contribution in [3.63, 3.8) is 0 Å². The van der Waals surface area contributed by atoms with Crippen LogP contribution in [0.25, 0.3) is 11.1 Å². The molecule has 0 spiro atoms. The van der Waals surface area contributed by atoms with Crippen molar-refractivity contribution in [2.24, 2.45) is 10.9 Å². The van der Waals surface area contributed by atoms with E-state index in [0.717, 1.165) is 17.5 Å². The summed E-state index contributed by atoms with van der Waals surface area (Å²) in [6.45, 7) is 2.29. The molecule has 142 valence electrons. The maximum atomic E-state index is 4.66. The Balaban J connectivity index is 1.53. The molecule has 0 N–H and O–H groups in total. The molecule has 0 atom stereocenters. The van der Waals surface area contributed by atoms with E-state index in [-0.39, 0.29) is 0 Å². The van der Waals surface area contributed by atoms with Crippen LogP contribution in [0.2, 0.25) is 0 Å². The molecule has 0 aromatic heterocycles. The van der Waals surface area contributed by atoms with Gasteiger partial charge in [-0.25, -0.2) is 0 Å². The van der Waals surface area contributed by atoms with Crippen molar-refractivity contribution in [2.75, 3.05) is 0 Å². The highest BCUT2D eigenvalue weighted by molar-refractivity contribution is 7.78. The fourth-order valence-electron chi connectivity index (χ4n) is 4.37. The Bertz CT molecular complexity index is 733. The number of nitrogens with zero attached hydrogens (tertiary/aromatic N) is 1. The van der Waals surface area contributed by atoms with Crippen LogP contribution >= 0.6 is 12.2 Å². The fraction of sp³-hybridized carbons (Fsp3) is 0.480. The third kappa shape index (κ3) is 5.86. The highest BCUT2D eigenvalue weighted by atomic mass is 32.1. The lowest BCUT2D eigenvalue weighted by molar-refractivity contribution is 0.302. The summed E-state index contributed by atoms with van der Waals surface area (Å²) in [5.41, 5.74) is 4.86. The van der Waals surface area contributed by atoms with E-state index in [2.05, 4.69) is 65.7 Å². The Kier molecular flexibility index (Phi) is 7.80. The summed E-state index contributed by atoms with van der Waals surface area (Å²) in [6.07, 6.45) is 12.6. The number of benzene rings is 2. The molecule has 0 bridgehead atoms. The summed E-state index contributed by atoms with van der Waals surface area (Å²) in [5.74, 6) is 1.73. The molecule has 0 heterocycles. The minimum Gasteiger partial charge on any atom is -0.195 e. The van der Waals surface area contributed by atoms with Gasteiger partial charge in [0.2, 0.25) is 0 Å². The SMILES string of the molecule is CCCCCC[C@H]1CC[C@H](c2ccc(-c3ccc(N=C=S)cc3)cc2)CC1. The standard InChI is InChI=1S/C25H31NS/c1-2-3-4-5-6-20-7-9-21(10-8-20)22-11-13-23(14-12-22)24-15-17-25(18-16-24)26-19-27/h11-18,20-21H,2-10H2,1H3/t20-,21-. The fourth-order valence-corrected chi connectivity index (χ4v) is 4.48. The first-order valence-electron chi connectivity index (χ1n) is 10.6. The van der Waals surface area contributed by atoms with Crippen molar-refractivity contribution in [1.82, 2.24) is 0 Å². The van der Waals surface area contributed by atoms with Crippen LogP contribution in [-0.4, -0.2) is 5.16 Å². The van der Waals surface area contributed by atoms with E-state index in [0.29, 0.717) is 0 Å². The van der Waals surface area contributed by atoms with Crippen LogP contribution in [0.1, 0.15) is 76.2 Å². The van der Waals surface area contributed by atoms with Gasteiger partial charge in [-0.1, -0.05) is 75.4 Å². The van der Waals surface area contributed by atoms with Crippen LogP contribution < -0.4 is 0 Å². The Morgan fingerprint density at radius 3 is 2.07 bits per heavy atom. The summed E-state index contributed by atoms with van der Waals surface area (Å²) >= 11 is 4.66. The van der Waals surface area contributed by atoms with Crippen molar-refractivity contribution < 1.29 is 0 Å². The van der Waals surface area contributed by atoms with Gasteiger partial charge < -0.3 is 0 Å². The minimum absolute atomic E-state index is 0.755. The zero-order valence-corrected chi connectivity index (χ0v) is 17.3. The number of hydrogen-bond acceptors (Lipinski definition) is 2. The third-order valence-electron chi connectivity index (χ3n) is 6.07. The second-order valence-electron chi connectivity index (χ2n) is 7.94. The summed E-state index contributed by atoms with van der Waals surface area (Å²) in [7, 11) is 0. The number of thiocarbonyl (C=S) groups is 1. The molecule has 0 saturated heterocycles. The van der Waals surface area contributed by atoms with Crippen LogP contribution in [0.15, 0.2) is 53.5 Å². The number of hydrogen-bond donors (Lipinski definition) is 0. The van der Waals surface area contributed by atoms with E-state index in [9.17, 15) is 0 Å². The van der Waals surface area contributed by atoms with Crippen LogP contribution in [0.4, 0.5) is 5.69 Å². The van der Waals surface area contributed by atoms with Crippen molar-refractivity contribution in [1.29, 1.82) is 0 Å². The monoisotopic (exact) mass is 377 g/mol. The predicted octanol–water partition coefficient (Wildman–Crippen LogP) is 8.33. The van der Waals surface area contributed by atoms with Gasteiger partial charge in [0.25, 0.3) is 0 Å². The van der Waals surface area contributed by atoms with Crippen molar-refractivity contribution >= 4 is 23.1 Å². The van der Waals surface area contributed by atoms with Gasteiger partial charge >= 0.3 is 0 Å². The molecule has 1 saturated carbocycles. The lowest BCUT2D eigenvalue weighted by Crippen LogP contribution is -2.13. The number of isothiocyanates is 1. The van der Waals surface area contributed by atoms with E-state index < -0.39 is 0 Å². The molecule has 1 aliphatic carbocycles. The molecule has 3 rings (SSSR count). The molecule has 2 heteroatoms. The Morgan fingerprint density at radius 2 is 1.48 bits per heavy atom. The quantitative estimate of drug-likeness (QED) is 0.256. The molecule has 2 aromatic rings. The van der Waals surface area contributed by atoms with Crippen LogP contribution in [-0.2, 0) is 0 Å². The van der Waals surface area contributed by atoms with E-state index >= 15 is 0 Å². The van der Waals surface area contributed by atoms with Crippen molar-refractivity contribution in [2.45, 2.75) is 70.6 Å². The zero-order valence-electron chi connectivity index (χ0n) is 16.5. The molecule has 0 amide bonds. The summed E-state index contributed by atoms with van der Waals surface area (Å²) in [4.78, 5) is 4.02. The highest BCUT2D eigenvalue weighted by Gasteiger charge is 2.22. The van der Waals surface area contributed by atoms with Crippen LogP contribution in [0, 0.1) is 5.92 Å². The van der Waals surface area contributed by atoms with Gasteiger partial charge in [-0.3, -0.25) is 0 Å². The maximum Gasteiger partial charge on any atom is 0.0739 e. The lowest BCUT2D eigenvalue weighted by atomic mass is 9.77. The van der Waals surface area contributed by atoms with Gasteiger partial charge in [0.15, 0.2) is 0 Å². The summed E-state index contributed by atoms with van der Waals surface area (Å²) in [6, 6.07) is 17.4. The van der Waals surface area contributed by atoms with Gasteiger partial charge in [-0.05, 0) is 78.6 Å². The molecule has 0 radical (unpaired) electrons. The molecular weight excluding hydrogens is 346 g/mol. The minimum atomic E-state index is 0.755.